The molecule has 3 aromatic carbocycles. The van der Waals surface area contributed by atoms with Crippen LogP contribution in [0.2, 0.25) is 5.02 Å². The first-order valence-corrected chi connectivity index (χ1v) is 10.2. The fourth-order valence-electron chi connectivity index (χ4n) is 3.83. The summed E-state index contributed by atoms with van der Waals surface area (Å²) < 4.78 is 0. The van der Waals surface area contributed by atoms with Gasteiger partial charge in [0.2, 0.25) is 0 Å². The summed E-state index contributed by atoms with van der Waals surface area (Å²) in [6.07, 6.45) is 0.615. The lowest BCUT2D eigenvalue weighted by Gasteiger charge is -2.27. The third kappa shape index (κ3) is 4.18. The number of benzene rings is 3. The van der Waals surface area contributed by atoms with Gasteiger partial charge in [0.1, 0.15) is 5.75 Å². The maximum atomic E-state index is 13.2. The number of nitrogens with zero attached hydrogens (tertiary/aromatic N) is 1. The predicted molar refractivity (Wildman–Crippen MR) is 119 cm³/mol. The van der Waals surface area contributed by atoms with Gasteiger partial charge in [-0.15, -0.1) is 0 Å². The molecule has 4 rings (SSSR count). The molecule has 156 valence electrons. The molecule has 0 saturated heterocycles. The van der Waals surface area contributed by atoms with Gasteiger partial charge < -0.3 is 10.2 Å². The first kappa shape index (κ1) is 20.7. The van der Waals surface area contributed by atoms with Crippen molar-refractivity contribution >= 4 is 29.0 Å². The molecular weight excluding hydrogens is 414 g/mol. The van der Waals surface area contributed by atoms with Crippen molar-refractivity contribution in [2.75, 3.05) is 4.90 Å². The minimum Gasteiger partial charge on any atom is -0.508 e. The molecule has 1 aliphatic rings. The minimum atomic E-state index is -0.874. The van der Waals surface area contributed by atoms with Gasteiger partial charge in [-0.2, -0.15) is 0 Å². The van der Waals surface area contributed by atoms with Gasteiger partial charge in [-0.3, -0.25) is 14.5 Å². The Bertz CT molecular complexity index is 1170. The number of amides is 1. The van der Waals surface area contributed by atoms with E-state index < -0.39 is 17.7 Å². The highest BCUT2D eigenvalue weighted by Gasteiger charge is 2.44. The van der Waals surface area contributed by atoms with E-state index in [1.165, 1.54) is 17.0 Å². The minimum absolute atomic E-state index is 0.00142. The Balaban J connectivity index is 1.74. The zero-order valence-electron chi connectivity index (χ0n) is 16.5. The molecule has 1 aliphatic heterocycles. The van der Waals surface area contributed by atoms with Gasteiger partial charge in [0.05, 0.1) is 11.6 Å². The van der Waals surface area contributed by atoms with E-state index in [2.05, 4.69) is 0 Å². The number of ketones is 1. The molecule has 0 aliphatic carbocycles. The van der Waals surface area contributed by atoms with Crippen LogP contribution in [-0.4, -0.2) is 21.9 Å². The summed E-state index contributed by atoms with van der Waals surface area (Å²) in [7, 11) is 0. The van der Waals surface area contributed by atoms with Crippen molar-refractivity contribution in [3.8, 4) is 5.75 Å². The highest BCUT2D eigenvalue weighted by Crippen LogP contribution is 2.42. The van der Waals surface area contributed by atoms with Crippen LogP contribution in [0.15, 0.2) is 90.2 Å². The third-order valence-electron chi connectivity index (χ3n) is 5.26. The summed E-state index contributed by atoms with van der Waals surface area (Å²) >= 11 is 6.12. The highest BCUT2D eigenvalue weighted by molar-refractivity contribution is 6.31. The summed E-state index contributed by atoms with van der Waals surface area (Å²) in [5, 5.41) is 21.1. The fourth-order valence-corrected chi connectivity index (χ4v) is 4.01. The van der Waals surface area contributed by atoms with E-state index in [1.54, 1.807) is 36.4 Å². The highest BCUT2D eigenvalue weighted by atomic mass is 35.5. The number of carbonyl (C=O) groups is 2. The number of anilines is 1. The molecule has 0 spiro atoms. The van der Waals surface area contributed by atoms with Gasteiger partial charge in [0.15, 0.2) is 11.5 Å². The summed E-state index contributed by atoms with van der Waals surface area (Å²) in [6.45, 7) is 0. The molecule has 0 fully saturated rings. The first-order chi connectivity index (χ1) is 15.0. The molecule has 1 heterocycles. The number of rotatable bonds is 6. The van der Waals surface area contributed by atoms with Crippen LogP contribution in [0.1, 0.15) is 23.6 Å². The van der Waals surface area contributed by atoms with Crippen LogP contribution < -0.4 is 4.90 Å². The zero-order valence-corrected chi connectivity index (χ0v) is 17.3. The number of hydrogen-bond donors (Lipinski definition) is 2. The first-order valence-electron chi connectivity index (χ1n) is 9.84. The number of Topliss-reactive ketones (excluding diaryl/α,β-unsaturated/α-hetero) is 1. The molecule has 0 radical (unpaired) electrons. The SMILES string of the molecule is O=C(CCc1ccccc1)C1=C(O)C(=O)N(c2cccc(Cl)c2)C1c1cccc(O)c1. The Morgan fingerprint density at radius 1 is 0.935 bits per heavy atom. The van der Waals surface area contributed by atoms with Crippen LogP contribution in [0.25, 0.3) is 0 Å². The number of aliphatic hydroxyl groups excluding tert-OH is 1. The van der Waals surface area contributed by atoms with Crippen molar-refractivity contribution in [2.24, 2.45) is 0 Å². The zero-order chi connectivity index (χ0) is 22.0. The fraction of sp³-hybridized carbons (Fsp3) is 0.120. The van der Waals surface area contributed by atoms with E-state index in [-0.39, 0.29) is 23.5 Å². The van der Waals surface area contributed by atoms with Gasteiger partial charge in [-0.05, 0) is 47.9 Å². The smallest absolute Gasteiger partial charge is 0.294 e. The van der Waals surface area contributed by atoms with E-state index in [4.69, 9.17) is 11.6 Å². The molecule has 1 unspecified atom stereocenters. The molecule has 0 aromatic heterocycles. The number of hydrogen-bond acceptors (Lipinski definition) is 4. The van der Waals surface area contributed by atoms with Crippen molar-refractivity contribution in [3.05, 3.63) is 106 Å². The topological polar surface area (TPSA) is 77.8 Å². The largest absolute Gasteiger partial charge is 0.508 e. The van der Waals surface area contributed by atoms with Crippen molar-refractivity contribution in [1.82, 2.24) is 0 Å². The van der Waals surface area contributed by atoms with Gasteiger partial charge in [0, 0.05) is 17.1 Å². The van der Waals surface area contributed by atoms with Crippen LogP contribution in [0.5, 0.6) is 5.75 Å². The van der Waals surface area contributed by atoms with Crippen LogP contribution in [0.4, 0.5) is 5.69 Å². The Morgan fingerprint density at radius 3 is 2.39 bits per heavy atom. The number of aryl methyl sites for hydroxylation is 1. The van der Waals surface area contributed by atoms with Gasteiger partial charge >= 0.3 is 0 Å². The monoisotopic (exact) mass is 433 g/mol. The van der Waals surface area contributed by atoms with Crippen molar-refractivity contribution in [2.45, 2.75) is 18.9 Å². The summed E-state index contributed by atoms with van der Waals surface area (Å²) in [5.41, 5.74) is 1.97. The van der Waals surface area contributed by atoms with E-state index >= 15 is 0 Å². The second kappa shape index (κ2) is 8.66. The molecule has 3 aromatic rings. The number of aliphatic hydroxyl groups is 1. The Morgan fingerprint density at radius 2 is 1.68 bits per heavy atom. The van der Waals surface area contributed by atoms with E-state index in [9.17, 15) is 19.8 Å². The average Bonchev–Trinajstić information content (AvgIpc) is 3.03. The van der Waals surface area contributed by atoms with Crippen LogP contribution >= 0.6 is 11.6 Å². The Labute approximate surface area is 184 Å². The number of halogens is 1. The molecule has 1 amide bonds. The van der Waals surface area contributed by atoms with Gasteiger partial charge in [-0.25, -0.2) is 0 Å². The lowest BCUT2D eigenvalue weighted by Crippen LogP contribution is -2.31. The van der Waals surface area contributed by atoms with Gasteiger partial charge in [0.25, 0.3) is 5.91 Å². The van der Waals surface area contributed by atoms with Crippen molar-refractivity contribution < 1.29 is 19.8 Å². The van der Waals surface area contributed by atoms with E-state index in [0.29, 0.717) is 22.7 Å². The number of aromatic hydroxyl groups is 1. The molecule has 2 N–H and O–H groups in total. The Kier molecular flexibility index (Phi) is 5.78. The van der Waals surface area contributed by atoms with Crippen LogP contribution in [0.3, 0.4) is 0 Å². The quantitative estimate of drug-likeness (QED) is 0.563. The standard InChI is InChI=1S/C25H20ClNO4/c26-18-9-5-10-19(15-18)27-23(17-8-4-11-20(28)14-17)22(24(30)25(27)31)21(29)13-12-16-6-2-1-3-7-16/h1-11,14-15,23,28,30H,12-13H2. The molecule has 1 atom stereocenters. The molecule has 5 nitrogen and oxygen atoms in total. The number of carbonyl (C=O) groups excluding carboxylic acids is 2. The predicted octanol–water partition coefficient (Wildman–Crippen LogP) is 5.15. The molecule has 6 heteroatoms. The Hall–Kier alpha value is -3.57. The number of phenolic OH excluding ortho intramolecular Hbond substituents is 1. The molecule has 0 saturated carbocycles. The maximum Gasteiger partial charge on any atom is 0.294 e. The van der Waals surface area contributed by atoms with Crippen LogP contribution in [-0.2, 0) is 16.0 Å². The second-order valence-corrected chi connectivity index (χ2v) is 7.76. The normalized spacial score (nSPS) is 16.1. The number of phenols is 1. The molecule has 31 heavy (non-hydrogen) atoms. The maximum absolute atomic E-state index is 13.2. The molecular formula is C25H20ClNO4. The summed E-state index contributed by atoms with van der Waals surface area (Å²) in [6, 6.07) is 21.6. The lowest BCUT2D eigenvalue weighted by molar-refractivity contribution is -0.118. The van der Waals surface area contributed by atoms with Crippen LogP contribution in [0, 0.1) is 0 Å². The van der Waals surface area contributed by atoms with E-state index in [0.717, 1.165) is 5.56 Å². The van der Waals surface area contributed by atoms with Gasteiger partial charge in [-0.1, -0.05) is 60.1 Å². The average molecular weight is 434 g/mol. The molecule has 0 bridgehead atoms. The second-order valence-electron chi connectivity index (χ2n) is 7.32. The summed E-state index contributed by atoms with van der Waals surface area (Å²) in [4.78, 5) is 27.6. The van der Waals surface area contributed by atoms with Crippen molar-refractivity contribution in [3.63, 3.8) is 0 Å². The van der Waals surface area contributed by atoms with Crippen molar-refractivity contribution in [1.29, 1.82) is 0 Å². The summed E-state index contributed by atoms with van der Waals surface area (Å²) in [5.74, 6) is -1.59. The third-order valence-corrected chi connectivity index (χ3v) is 5.50. The van der Waals surface area contributed by atoms with E-state index in [1.807, 2.05) is 30.3 Å². The lowest BCUT2D eigenvalue weighted by atomic mass is 9.93.